The number of para-hydroxylation sites is 1. The molecular weight excluding hydrogens is 387 g/mol. The van der Waals surface area contributed by atoms with Crippen LogP contribution in [0.25, 0.3) is 0 Å². The topological polar surface area (TPSA) is 92.3 Å². The molecule has 0 saturated carbocycles. The number of hydrogen-bond acceptors (Lipinski definition) is 7. The van der Waals surface area contributed by atoms with Gasteiger partial charge in [0.1, 0.15) is 11.9 Å². The molecule has 0 fully saturated rings. The molecule has 136 valence electrons. The SMILES string of the molecule is CC[C@@H](C(=O)Nc1nnc(SC)s1)N(c1ccccc1F)S(C)(=O)=O. The first-order valence-electron chi connectivity index (χ1n) is 7.20. The number of amides is 1. The summed E-state index contributed by atoms with van der Waals surface area (Å²) in [6, 6.07) is 4.31. The van der Waals surface area contributed by atoms with Crippen molar-refractivity contribution in [3.8, 4) is 0 Å². The number of aromatic nitrogens is 2. The first-order chi connectivity index (χ1) is 11.8. The van der Waals surface area contributed by atoms with Crippen molar-refractivity contribution in [3.63, 3.8) is 0 Å². The van der Waals surface area contributed by atoms with E-state index in [0.717, 1.165) is 16.6 Å². The molecule has 1 amide bonds. The highest BCUT2D eigenvalue weighted by atomic mass is 32.2. The first-order valence-corrected chi connectivity index (χ1v) is 11.1. The Labute approximate surface area is 153 Å². The van der Waals surface area contributed by atoms with Gasteiger partial charge in [0.25, 0.3) is 0 Å². The van der Waals surface area contributed by atoms with Crippen molar-refractivity contribution < 1.29 is 17.6 Å². The molecule has 25 heavy (non-hydrogen) atoms. The van der Waals surface area contributed by atoms with Crippen LogP contribution in [-0.4, -0.2) is 43.1 Å². The van der Waals surface area contributed by atoms with Gasteiger partial charge in [-0.05, 0) is 24.8 Å². The maximum absolute atomic E-state index is 14.1. The van der Waals surface area contributed by atoms with E-state index < -0.39 is 27.8 Å². The number of hydrogen-bond donors (Lipinski definition) is 1. The molecule has 0 spiro atoms. The Balaban J connectivity index is 2.36. The van der Waals surface area contributed by atoms with Gasteiger partial charge >= 0.3 is 0 Å². The highest BCUT2D eigenvalue weighted by molar-refractivity contribution is 8.00. The second-order valence-corrected chi connectivity index (χ2v) is 8.89. The molecule has 1 N–H and O–H groups in total. The number of carbonyl (C=O) groups excluding carboxylic acids is 1. The molecule has 2 aromatic rings. The molecule has 0 aliphatic heterocycles. The van der Waals surface area contributed by atoms with Gasteiger partial charge in [0, 0.05) is 0 Å². The molecule has 1 aromatic carbocycles. The Morgan fingerprint density at radius 2 is 2.08 bits per heavy atom. The van der Waals surface area contributed by atoms with E-state index in [4.69, 9.17) is 0 Å². The van der Waals surface area contributed by atoms with Gasteiger partial charge in [0.05, 0.1) is 11.9 Å². The molecule has 0 unspecified atom stereocenters. The third-order valence-corrected chi connectivity index (χ3v) is 6.21. The largest absolute Gasteiger partial charge is 0.299 e. The number of sulfonamides is 1. The van der Waals surface area contributed by atoms with Gasteiger partial charge in [-0.3, -0.25) is 14.4 Å². The maximum atomic E-state index is 14.1. The van der Waals surface area contributed by atoms with Crippen molar-refractivity contribution in [1.29, 1.82) is 0 Å². The third kappa shape index (κ3) is 4.67. The van der Waals surface area contributed by atoms with E-state index in [2.05, 4.69) is 15.5 Å². The fraction of sp³-hybridized carbons (Fsp3) is 0.357. The summed E-state index contributed by atoms with van der Waals surface area (Å²) in [7, 11) is -3.89. The molecular formula is C14H17FN4O3S3. The third-order valence-electron chi connectivity index (χ3n) is 3.23. The van der Waals surface area contributed by atoms with Crippen molar-refractivity contribution in [2.45, 2.75) is 23.7 Å². The number of thioether (sulfide) groups is 1. The van der Waals surface area contributed by atoms with Gasteiger partial charge < -0.3 is 0 Å². The summed E-state index contributed by atoms with van der Waals surface area (Å²) < 4.78 is 40.1. The maximum Gasteiger partial charge on any atom is 0.250 e. The van der Waals surface area contributed by atoms with Crippen molar-refractivity contribution in [3.05, 3.63) is 30.1 Å². The van der Waals surface area contributed by atoms with Crippen LogP contribution in [0.15, 0.2) is 28.6 Å². The van der Waals surface area contributed by atoms with Crippen molar-refractivity contribution in [1.82, 2.24) is 10.2 Å². The molecule has 0 aliphatic carbocycles. The number of benzene rings is 1. The van der Waals surface area contributed by atoms with E-state index in [1.165, 1.54) is 41.3 Å². The Bertz CT molecular complexity index is 857. The fourth-order valence-corrected chi connectivity index (χ4v) is 4.58. The van der Waals surface area contributed by atoms with Crippen LogP contribution in [0.3, 0.4) is 0 Å². The summed E-state index contributed by atoms with van der Waals surface area (Å²) in [5, 5.41) is 10.5. The van der Waals surface area contributed by atoms with Gasteiger partial charge in [-0.1, -0.05) is 42.2 Å². The number of halogens is 1. The number of carbonyl (C=O) groups is 1. The van der Waals surface area contributed by atoms with Crippen molar-refractivity contribution >= 4 is 49.8 Å². The highest BCUT2D eigenvalue weighted by Gasteiger charge is 2.33. The molecule has 11 heteroatoms. The van der Waals surface area contributed by atoms with Crippen LogP contribution in [-0.2, 0) is 14.8 Å². The lowest BCUT2D eigenvalue weighted by atomic mass is 10.2. The van der Waals surface area contributed by atoms with Gasteiger partial charge in [-0.15, -0.1) is 10.2 Å². The average molecular weight is 405 g/mol. The van der Waals surface area contributed by atoms with E-state index in [1.807, 2.05) is 6.26 Å². The lowest BCUT2D eigenvalue weighted by Crippen LogP contribution is -2.47. The summed E-state index contributed by atoms with van der Waals surface area (Å²) in [4.78, 5) is 12.6. The standard InChI is InChI=1S/C14H17FN4O3S3/c1-4-10(12(20)16-13-17-18-14(23-2)24-13)19(25(3,21)22)11-8-6-5-7-9(11)15/h5-8,10H,4H2,1-3H3,(H,16,17,20)/t10-/m0/s1. The number of rotatable bonds is 7. The second kappa shape index (κ2) is 8.11. The van der Waals surface area contributed by atoms with Crippen LogP contribution in [0.1, 0.15) is 13.3 Å². The Kier molecular flexibility index (Phi) is 6.36. The number of nitrogens with one attached hydrogen (secondary N) is 1. The van der Waals surface area contributed by atoms with E-state index in [-0.39, 0.29) is 17.2 Å². The Morgan fingerprint density at radius 3 is 2.60 bits per heavy atom. The van der Waals surface area contributed by atoms with E-state index in [1.54, 1.807) is 6.92 Å². The molecule has 0 radical (unpaired) electrons. The molecule has 7 nitrogen and oxygen atoms in total. The summed E-state index contributed by atoms with van der Waals surface area (Å²) >= 11 is 2.55. The van der Waals surface area contributed by atoms with E-state index in [9.17, 15) is 17.6 Å². The monoisotopic (exact) mass is 404 g/mol. The minimum absolute atomic E-state index is 0.154. The van der Waals surface area contributed by atoms with E-state index >= 15 is 0 Å². The van der Waals surface area contributed by atoms with Crippen molar-refractivity contribution in [2.24, 2.45) is 0 Å². The number of anilines is 2. The molecule has 1 atom stereocenters. The predicted molar refractivity (Wildman–Crippen MR) is 98.1 cm³/mol. The van der Waals surface area contributed by atoms with Gasteiger partial charge in [-0.25, -0.2) is 12.8 Å². The van der Waals surface area contributed by atoms with Crippen LogP contribution >= 0.6 is 23.1 Å². The minimum atomic E-state index is -3.89. The zero-order valence-electron chi connectivity index (χ0n) is 13.8. The summed E-state index contributed by atoms with van der Waals surface area (Å²) in [5.41, 5.74) is -0.172. The lowest BCUT2D eigenvalue weighted by molar-refractivity contribution is -0.117. The zero-order valence-corrected chi connectivity index (χ0v) is 16.2. The summed E-state index contributed by atoms with van der Waals surface area (Å²) in [5.74, 6) is -1.32. The van der Waals surface area contributed by atoms with Gasteiger partial charge in [-0.2, -0.15) is 0 Å². The first kappa shape index (κ1) is 19.6. The molecule has 1 aromatic heterocycles. The van der Waals surface area contributed by atoms with Gasteiger partial charge in [0.15, 0.2) is 4.34 Å². The predicted octanol–water partition coefficient (Wildman–Crippen LogP) is 2.58. The van der Waals surface area contributed by atoms with Crippen molar-refractivity contribution in [2.75, 3.05) is 22.1 Å². The molecule has 0 saturated heterocycles. The van der Waals surface area contributed by atoms with Crippen LogP contribution < -0.4 is 9.62 Å². The summed E-state index contributed by atoms with van der Waals surface area (Å²) in [6.07, 6.45) is 2.91. The van der Waals surface area contributed by atoms with Crippen LogP contribution in [0, 0.1) is 5.82 Å². The van der Waals surface area contributed by atoms with E-state index in [0.29, 0.717) is 4.34 Å². The number of nitrogens with zero attached hydrogens (tertiary/aromatic N) is 3. The lowest BCUT2D eigenvalue weighted by Gasteiger charge is -2.29. The average Bonchev–Trinajstić information content (AvgIpc) is 3.00. The quantitative estimate of drug-likeness (QED) is 0.563. The van der Waals surface area contributed by atoms with Crippen LogP contribution in [0.4, 0.5) is 15.2 Å². The molecule has 0 bridgehead atoms. The minimum Gasteiger partial charge on any atom is -0.299 e. The Hall–Kier alpha value is -1.72. The highest BCUT2D eigenvalue weighted by Crippen LogP contribution is 2.27. The molecule has 1 heterocycles. The fourth-order valence-electron chi connectivity index (χ4n) is 2.20. The van der Waals surface area contributed by atoms with Gasteiger partial charge in [0.2, 0.25) is 21.1 Å². The Morgan fingerprint density at radius 1 is 1.40 bits per heavy atom. The molecule has 2 rings (SSSR count). The zero-order chi connectivity index (χ0) is 18.6. The van der Waals surface area contributed by atoms with Crippen LogP contribution in [0.2, 0.25) is 0 Å². The summed E-state index contributed by atoms with van der Waals surface area (Å²) in [6.45, 7) is 1.65. The smallest absolute Gasteiger partial charge is 0.250 e. The second-order valence-electron chi connectivity index (χ2n) is 5.00. The van der Waals surface area contributed by atoms with Crippen LogP contribution in [0.5, 0.6) is 0 Å². The normalized spacial score (nSPS) is 12.6. The molecule has 0 aliphatic rings.